The standard InChI is InChI=1S/C10H14BrClN2S/c1-2-15-5-3-4-13-8-6-9(11)10(12)14-7-8/h6-7,13H,2-5H2,1H3. The third-order valence-corrected chi connectivity index (χ3v) is 3.91. The fourth-order valence-corrected chi connectivity index (χ4v) is 2.16. The molecule has 0 atom stereocenters. The highest BCUT2D eigenvalue weighted by molar-refractivity contribution is 9.10. The van der Waals surface area contributed by atoms with Crippen molar-refractivity contribution in [2.75, 3.05) is 23.4 Å². The van der Waals surface area contributed by atoms with Gasteiger partial charge in [0.05, 0.1) is 16.4 Å². The smallest absolute Gasteiger partial charge is 0.143 e. The molecular weight excluding hydrogens is 296 g/mol. The molecule has 2 nitrogen and oxygen atoms in total. The quantitative estimate of drug-likeness (QED) is 0.634. The molecule has 0 aliphatic heterocycles. The topological polar surface area (TPSA) is 24.9 Å². The van der Waals surface area contributed by atoms with E-state index in [-0.39, 0.29) is 0 Å². The Kier molecular flexibility index (Phi) is 6.45. The van der Waals surface area contributed by atoms with E-state index in [1.165, 1.54) is 17.9 Å². The second kappa shape index (κ2) is 7.36. The van der Waals surface area contributed by atoms with Gasteiger partial charge in [0.2, 0.25) is 0 Å². The van der Waals surface area contributed by atoms with Crippen LogP contribution in [0.5, 0.6) is 0 Å². The lowest BCUT2D eigenvalue weighted by atomic mass is 10.4. The van der Waals surface area contributed by atoms with E-state index >= 15 is 0 Å². The van der Waals surface area contributed by atoms with Gasteiger partial charge in [0.15, 0.2) is 0 Å². The van der Waals surface area contributed by atoms with Gasteiger partial charge in [0.25, 0.3) is 0 Å². The number of hydrogen-bond acceptors (Lipinski definition) is 3. The Morgan fingerprint density at radius 1 is 1.60 bits per heavy atom. The van der Waals surface area contributed by atoms with Crippen LogP contribution in [-0.4, -0.2) is 23.0 Å². The molecular formula is C10H14BrClN2S. The number of aromatic nitrogens is 1. The number of hydrogen-bond donors (Lipinski definition) is 1. The summed E-state index contributed by atoms with van der Waals surface area (Å²) in [5.74, 6) is 2.39. The first-order valence-corrected chi connectivity index (χ1v) is 7.19. The van der Waals surface area contributed by atoms with Crippen molar-refractivity contribution in [2.24, 2.45) is 0 Å². The fraction of sp³-hybridized carbons (Fsp3) is 0.500. The number of nitrogens with zero attached hydrogens (tertiary/aromatic N) is 1. The highest BCUT2D eigenvalue weighted by Gasteiger charge is 1.99. The predicted octanol–water partition coefficient (Wildman–Crippen LogP) is 4.05. The molecule has 5 heteroatoms. The number of thioether (sulfide) groups is 1. The number of rotatable bonds is 6. The minimum absolute atomic E-state index is 0.502. The van der Waals surface area contributed by atoms with E-state index < -0.39 is 0 Å². The molecule has 0 saturated heterocycles. The first-order chi connectivity index (χ1) is 7.24. The van der Waals surface area contributed by atoms with Crippen molar-refractivity contribution >= 4 is 45.0 Å². The normalized spacial score (nSPS) is 10.3. The van der Waals surface area contributed by atoms with E-state index in [1.807, 2.05) is 17.8 Å². The van der Waals surface area contributed by atoms with Gasteiger partial charge in [-0.3, -0.25) is 0 Å². The maximum Gasteiger partial charge on any atom is 0.143 e. The molecule has 0 aromatic carbocycles. The highest BCUT2D eigenvalue weighted by Crippen LogP contribution is 2.22. The molecule has 1 aromatic heterocycles. The Balaban J connectivity index is 2.28. The Morgan fingerprint density at radius 2 is 2.40 bits per heavy atom. The lowest BCUT2D eigenvalue weighted by Crippen LogP contribution is -2.03. The molecule has 84 valence electrons. The zero-order valence-corrected chi connectivity index (χ0v) is 11.8. The first kappa shape index (κ1) is 13.1. The van der Waals surface area contributed by atoms with Crippen molar-refractivity contribution < 1.29 is 0 Å². The van der Waals surface area contributed by atoms with Crippen LogP contribution >= 0.6 is 39.3 Å². The van der Waals surface area contributed by atoms with Crippen molar-refractivity contribution in [3.05, 3.63) is 21.9 Å². The second-order valence-electron chi connectivity index (χ2n) is 2.97. The Bertz CT molecular complexity index is 309. The number of nitrogens with one attached hydrogen (secondary N) is 1. The Morgan fingerprint density at radius 3 is 3.07 bits per heavy atom. The third-order valence-electron chi connectivity index (χ3n) is 1.79. The maximum atomic E-state index is 5.79. The van der Waals surface area contributed by atoms with Crippen molar-refractivity contribution in [2.45, 2.75) is 13.3 Å². The van der Waals surface area contributed by atoms with E-state index in [0.717, 1.165) is 16.7 Å². The predicted molar refractivity (Wildman–Crippen MR) is 73.1 cm³/mol. The summed E-state index contributed by atoms with van der Waals surface area (Å²) in [7, 11) is 0. The fourth-order valence-electron chi connectivity index (χ4n) is 1.07. The van der Waals surface area contributed by atoms with Crippen LogP contribution in [0.1, 0.15) is 13.3 Å². The van der Waals surface area contributed by atoms with Crippen molar-refractivity contribution in [3.63, 3.8) is 0 Å². The molecule has 0 radical (unpaired) electrons. The highest BCUT2D eigenvalue weighted by atomic mass is 79.9. The lowest BCUT2D eigenvalue weighted by Gasteiger charge is -2.06. The maximum absolute atomic E-state index is 5.79. The van der Waals surface area contributed by atoms with Crippen LogP contribution in [0.15, 0.2) is 16.7 Å². The van der Waals surface area contributed by atoms with Gasteiger partial charge in [-0.25, -0.2) is 4.98 Å². The second-order valence-corrected chi connectivity index (χ2v) is 5.58. The van der Waals surface area contributed by atoms with Gasteiger partial charge in [-0.2, -0.15) is 11.8 Å². The van der Waals surface area contributed by atoms with Crippen LogP contribution in [0.4, 0.5) is 5.69 Å². The summed E-state index contributed by atoms with van der Waals surface area (Å²) in [6, 6.07) is 1.95. The van der Waals surface area contributed by atoms with E-state index in [2.05, 4.69) is 33.2 Å². The minimum atomic E-state index is 0.502. The van der Waals surface area contributed by atoms with E-state index in [0.29, 0.717) is 5.15 Å². The molecule has 0 aliphatic rings. The zero-order chi connectivity index (χ0) is 11.1. The molecule has 1 rings (SSSR count). The number of halogens is 2. The van der Waals surface area contributed by atoms with E-state index in [1.54, 1.807) is 6.20 Å². The molecule has 0 fully saturated rings. The van der Waals surface area contributed by atoms with Gasteiger partial charge in [0, 0.05) is 6.54 Å². The van der Waals surface area contributed by atoms with Crippen molar-refractivity contribution in [1.29, 1.82) is 0 Å². The summed E-state index contributed by atoms with van der Waals surface area (Å²) in [5.41, 5.74) is 1.01. The molecule has 0 aliphatic carbocycles. The van der Waals surface area contributed by atoms with Gasteiger partial charge >= 0.3 is 0 Å². The summed E-state index contributed by atoms with van der Waals surface area (Å²) >= 11 is 11.1. The first-order valence-electron chi connectivity index (χ1n) is 4.86. The van der Waals surface area contributed by atoms with Gasteiger partial charge < -0.3 is 5.32 Å². The number of pyridine rings is 1. The largest absolute Gasteiger partial charge is 0.384 e. The molecule has 1 N–H and O–H groups in total. The van der Waals surface area contributed by atoms with Crippen LogP contribution in [0, 0.1) is 0 Å². The van der Waals surface area contributed by atoms with Crippen LogP contribution in [0.2, 0.25) is 5.15 Å². The van der Waals surface area contributed by atoms with Crippen LogP contribution in [-0.2, 0) is 0 Å². The Hall–Kier alpha value is 0.0700. The van der Waals surface area contributed by atoms with E-state index in [4.69, 9.17) is 11.6 Å². The SMILES string of the molecule is CCSCCCNc1cnc(Cl)c(Br)c1. The number of anilines is 1. The van der Waals surface area contributed by atoms with Crippen LogP contribution < -0.4 is 5.32 Å². The molecule has 1 aromatic rings. The molecule has 0 bridgehead atoms. The Labute approximate surface area is 108 Å². The molecule has 0 unspecified atom stereocenters. The van der Waals surface area contributed by atoms with Crippen LogP contribution in [0.25, 0.3) is 0 Å². The molecule has 0 amide bonds. The summed E-state index contributed by atoms with van der Waals surface area (Å²) in [4.78, 5) is 4.04. The molecule has 1 heterocycles. The monoisotopic (exact) mass is 308 g/mol. The van der Waals surface area contributed by atoms with Gasteiger partial charge in [-0.05, 0) is 39.9 Å². The average Bonchev–Trinajstić information content (AvgIpc) is 2.23. The molecule has 0 saturated carbocycles. The lowest BCUT2D eigenvalue weighted by molar-refractivity contribution is 0.989. The van der Waals surface area contributed by atoms with Gasteiger partial charge in [-0.1, -0.05) is 18.5 Å². The molecule has 0 spiro atoms. The van der Waals surface area contributed by atoms with Crippen molar-refractivity contribution in [3.8, 4) is 0 Å². The van der Waals surface area contributed by atoms with Gasteiger partial charge in [-0.15, -0.1) is 0 Å². The van der Waals surface area contributed by atoms with Crippen molar-refractivity contribution in [1.82, 2.24) is 4.98 Å². The van der Waals surface area contributed by atoms with E-state index in [9.17, 15) is 0 Å². The third kappa shape index (κ3) is 5.09. The molecule has 15 heavy (non-hydrogen) atoms. The van der Waals surface area contributed by atoms with Crippen LogP contribution in [0.3, 0.4) is 0 Å². The average molecular weight is 310 g/mol. The summed E-state index contributed by atoms with van der Waals surface area (Å²) < 4.78 is 0.831. The summed E-state index contributed by atoms with van der Waals surface area (Å²) in [6.45, 7) is 3.15. The zero-order valence-electron chi connectivity index (χ0n) is 8.59. The summed E-state index contributed by atoms with van der Waals surface area (Å²) in [6.07, 6.45) is 2.92. The van der Waals surface area contributed by atoms with Gasteiger partial charge in [0.1, 0.15) is 5.15 Å². The minimum Gasteiger partial charge on any atom is -0.384 e. The summed E-state index contributed by atoms with van der Waals surface area (Å²) in [5, 5.41) is 3.81.